The van der Waals surface area contributed by atoms with Gasteiger partial charge in [-0.25, -0.2) is 4.39 Å². The van der Waals surface area contributed by atoms with Crippen LogP contribution in [0.15, 0.2) is 93.3 Å². The van der Waals surface area contributed by atoms with Crippen LogP contribution in [0.25, 0.3) is 11.0 Å². The molecule has 1 amide bonds. The highest BCUT2D eigenvalue weighted by molar-refractivity contribution is 9.10. The van der Waals surface area contributed by atoms with E-state index in [-0.39, 0.29) is 17.9 Å². The first-order valence-corrected chi connectivity index (χ1v) is 10.8. The molecule has 1 aliphatic rings. The zero-order chi connectivity index (χ0) is 23.1. The van der Waals surface area contributed by atoms with Crippen LogP contribution in [0.4, 0.5) is 4.39 Å². The molecule has 0 fully saturated rings. The van der Waals surface area contributed by atoms with E-state index >= 15 is 0 Å². The lowest BCUT2D eigenvalue weighted by Crippen LogP contribution is -2.30. The molecule has 1 unspecified atom stereocenters. The van der Waals surface area contributed by atoms with E-state index in [0.29, 0.717) is 22.1 Å². The molecule has 33 heavy (non-hydrogen) atoms. The standard InChI is InChI=1S/C25H16BrFN2O4/c26-17-3-6-19-16(11-17)12-20(33-19)23(30)21-22(15-7-9-28-10-8-15)29(25(32)24(21)31)13-14-1-4-18(27)5-2-14/h1-12,22,31H,13H2. The first kappa shape index (κ1) is 21.1. The van der Waals surface area contributed by atoms with Crippen molar-refractivity contribution in [1.82, 2.24) is 9.88 Å². The number of benzene rings is 2. The molecule has 164 valence electrons. The maximum atomic E-state index is 13.5. The van der Waals surface area contributed by atoms with Crippen molar-refractivity contribution in [3.8, 4) is 0 Å². The van der Waals surface area contributed by atoms with Crippen molar-refractivity contribution in [3.05, 3.63) is 112 Å². The Bertz CT molecular complexity index is 1410. The summed E-state index contributed by atoms with van der Waals surface area (Å²) in [6.07, 6.45) is 3.10. The lowest BCUT2D eigenvalue weighted by Gasteiger charge is -2.26. The van der Waals surface area contributed by atoms with Gasteiger partial charge in [0.15, 0.2) is 11.5 Å². The average molecular weight is 507 g/mol. The maximum absolute atomic E-state index is 13.5. The summed E-state index contributed by atoms with van der Waals surface area (Å²) in [5.74, 6) is -2.30. The summed E-state index contributed by atoms with van der Waals surface area (Å²) in [4.78, 5) is 32.0. The minimum absolute atomic E-state index is 0.0140. The van der Waals surface area contributed by atoms with Crippen LogP contribution in [0.3, 0.4) is 0 Å². The number of nitrogens with zero attached hydrogens (tertiary/aromatic N) is 2. The molecule has 0 aliphatic carbocycles. The average Bonchev–Trinajstić information content (AvgIpc) is 3.35. The second kappa shape index (κ2) is 8.29. The molecular weight excluding hydrogens is 491 g/mol. The number of aromatic nitrogens is 1. The fourth-order valence-corrected chi connectivity index (χ4v) is 4.37. The SMILES string of the molecule is O=C(C1=C(O)C(=O)N(Cc2ccc(F)cc2)C1c1ccncc1)c1cc2cc(Br)ccc2o1. The minimum atomic E-state index is -0.863. The van der Waals surface area contributed by atoms with Crippen molar-refractivity contribution >= 4 is 38.6 Å². The molecule has 0 spiro atoms. The fraction of sp³-hybridized carbons (Fsp3) is 0.0800. The second-order valence-electron chi connectivity index (χ2n) is 7.63. The molecule has 3 heterocycles. The molecule has 5 rings (SSSR count). The second-order valence-corrected chi connectivity index (χ2v) is 8.54. The zero-order valence-electron chi connectivity index (χ0n) is 17.0. The van der Waals surface area contributed by atoms with Crippen molar-refractivity contribution in [3.63, 3.8) is 0 Å². The Morgan fingerprint density at radius 2 is 1.82 bits per heavy atom. The number of aliphatic hydroxyl groups is 1. The van der Waals surface area contributed by atoms with E-state index in [4.69, 9.17) is 4.42 Å². The summed E-state index contributed by atoms with van der Waals surface area (Å²) in [6, 6.07) is 15.1. The van der Waals surface area contributed by atoms with Crippen molar-refractivity contribution in [2.75, 3.05) is 0 Å². The van der Waals surface area contributed by atoms with Gasteiger partial charge >= 0.3 is 0 Å². The number of Topliss-reactive ketones (excluding diaryl/α,β-unsaturated/α-hetero) is 1. The Labute approximate surface area is 196 Å². The van der Waals surface area contributed by atoms with E-state index in [2.05, 4.69) is 20.9 Å². The zero-order valence-corrected chi connectivity index (χ0v) is 18.6. The number of ketones is 1. The largest absolute Gasteiger partial charge is 0.503 e. The summed E-state index contributed by atoms with van der Waals surface area (Å²) in [5, 5.41) is 11.5. The molecule has 8 heteroatoms. The van der Waals surface area contributed by atoms with E-state index in [1.54, 1.807) is 54.9 Å². The van der Waals surface area contributed by atoms with Crippen LogP contribution in [0, 0.1) is 5.82 Å². The first-order valence-electron chi connectivity index (χ1n) is 10.0. The Hall–Kier alpha value is -3.78. The number of pyridine rings is 1. The minimum Gasteiger partial charge on any atom is -0.503 e. The first-order chi connectivity index (χ1) is 15.9. The third kappa shape index (κ3) is 3.82. The number of hydrogen-bond acceptors (Lipinski definition) is 5. The third-order valence-corrected chi connectivity index (χ3v) is 6.03. The van der Waals surface area contributed by atoms with E-state index in [9.17, 15) is 19.1 Å². The number of rotatable bonds is 5. The summed E-state index contributed by atoms with van der Waals surface area (Å²) in [5.41, 5.74) is 1.69. The number of carbonyl (C=O) groups is 2. The smallest absolute Gasteiger partial charge is 0.290 e. The number of carbonyl (C=O) groups excluding carboxylic acids is 2. The van der Waals surface area contributed by atoms with Gasteiger partial charge < -0.3 is 14.4 Å². The summed E-state index contributed by atoms with van der Waals surface area (Å²) in [7, 11) is 0. The van der Waals surface area contributed by atoms with Crippen LogP contribution in [0.1, 0.15) is 27.7 Å². The maximum Gasteiger partial charge on any atom is 0.290 e. The van der Waals surface area contributed by atoms with Gasteiger partial charge in [0.25, 0.3) is 5.91 Å². The molecular formula is C25H16BrFN2O4. The normalized spacial score (nSPS) is 16.1. The summed E-state index contributed by atoms with van der Waals surface area (Å²) < 4.78 is 19.9. The van der Waals surface area contributed by atoms with Gasteiger partial charge in [0, 0.05) is 28.8 Å². The van der Waals surface area contributed by atoms with Crippen molar-refractivity contribution in [1.29, 1.82) is 0 Å². The van der Waals surface area contributed by atoms with Gasteiger partial charge in [0.2, 0.25) is 5.78 Å². The van der Waals surface area contributed by atoms with Crippen molar-refractivity contribution < 1.29 is 23.5 Å². The number of hydrogen-bond donors (Lipinski definition) is 1. The number of halogens is 2. The van der Waals surface area contributed by atoms with Gasteiger partial charge in [-0.2, -0.15) is 0 Å². The number of fused-ring (bicyclic) bond motifs is 1. The van der Waals surface area contributed by atoms with E-state index in [0.717, 1.165) is 4.47 Å². The quantitative estimate of drug-likeness (QED) is 0.361. The molecule has 4 aromatic rings. The molecule has 1 atom stereocenters. The van der Waals surface area contributed by atoms with Gasteiger partial charge in [-0.1, -0.05) is 28.1 Å². The lowest BCUT2D eigenvalue weighted by atomic mass is 9.95. The van der Waals surface area contributed by atoms with E-state index < -0.39 is 29.3 Å². The highest BCUT2D eigenvalue weighted by atomic mass is 79.9. The topological polar surface area (TPSA) is 83.6 Å². The highest BCUT2D eigenvalue weighted by Crippen LogP contribution is 2.40. The molecule has 1 N–H and O–H groups in total. The summed E-state index contributed by atoms with van der Waals surface area (Å²) >= 11 is 3.39. The van der Waals surface area contributed by atoms with Gasteiger partial charge in [0.1, 0.15) is 11.4 Å². The lowest BCUT2D eigenvalue weighted by molar-refractivity contribution is -0.130. The van der Waals surface area contributed by atoms with E-state index in [1.165, 1.54) is 17.0 Å². The molecule has 0 saturated carbocycles. The van der Waals surface area contributed by atoms with Gasteiger partial charge in [-0.3, -0.25) is 14.6 Å². The number of aliphatic hydroxyl groups excluding tert-OH is 1. The molecule has 6 nitrogen and oxygen atoms in total. The Morgan fingerprint density at radius 3 is 2.55 bits per heavy atom. The van der Waals surface area contributed by atoms with Crippen molar-refractivity contribution in [2.24, 2.45) is 0 Å². The number of furan rings is 1. The van der Waals surface area contributed by atoms with Gasteiger partial charge in [-0.05, 0) is 59.7 Å². The summed E-state index contributed by atoms with van der Waals surface area (Å²) in [6.45, 7) is 0.0695. The highest BCUT2D eigenvalue weighted by Gasteiger charge is 2.44. The molecule has 1 aliphatic heterocycles. The fourth-order valence-electron chi connectivity index (χ4n) is 3.99. The van der Waals surface area contributed by atoms with Crippen LogP contribution >= 0.6 is 15.9 Å². The van der Waals surface area contributed by atoms with Crippen LogP contribution in [0.5, 0.6) is 0 Å². The number of amides is 1. The molecule has 0 saturated heterocycles. The predicted octanol–water partition coefficient (Wildman–Crippen LogP) is 5.51. The van der Waals surface area contributed by atoms with Gasteiger partial charge in [-0.15, -0.1) is 0 Å². The Morgan fingerprint density at radius 1 is 1.09 bits per heavy atom. The third-order valence-electron chi connectivity index (χ3n) is 5.54. The molecule has 0 radical (unpaired) electrons. The van der Waals surface area contributed by atoms with Crippen molar-refractivity contribution in [2.45, 2.75) is 12.6 Å². The monoisotopic (exact) mass is 506 g/mol. The van der Waals surface area contributed by atoms with Gasteiger partial charge in [0.05, 0.1) is 11.6 Å². The Balaban J connectivity index is 1.58. The molecule has 2 aromatic heterocycles. The van der Waals surface area contributed by atoms with E-state index in [1.807, 2.05) is 6.07 Å². The van der Waals surface area contributed by atoms with Crippen LogP contribution in [0.2, 0.25) is 0 Å². The van der Waals surface area contributed by atoms with Crippen LogP contribution in [-0.2, 0) is 11.3 Å². The molecule has 2 aromatic carbocycles. The Kier molecular flexibility index (Phi) is 5.30. The molecule has 0 bridgehead atoms. The van der Waals surface area contributed by atoms with Crippen LogP contribution in [-0.4, -0.2) is 26.7 Å². The van der Waals surface area contributed by atoms with Crippen LogP contribution < -0.4 is 0 Å². The predicted molar refractivity (Wildman–Crippen MR) is 122 cm³/mol.